The molecule has 0 atom stereocenters. The van der Waals surface area contributed by atoms with Crippen LogP contribution >= 0.6 is 11.6 Å². The zero-order chi connectivity index (χ0) is 11.6. The van der Waals surface area contributed by atoms with Gasteiger partial charge in [0.15, 0.2) is 0 Å². The number of nitrogens with two attached hydrogens (primary N) is 1. The van der Waals surface area contributed by atoms with Crippen LogP contribution < -0.4 is 11.1 Å². The molecule has 0 saturated carbocycles. The van der Waals surface area contributed by atoms with E-state index >= 15 is 0 Å². The minimum absolute atomic E-state index is 0.0588. The normalized spacial score (nSPS) is 11.2. The van der Waals surface area contributed by atoms with Gasteiger partial charge in [-0.25, -0.2) is 0 Å². The van der Waals surface area contributed by atoms with Crippen molar-refractivity contribution in [3.8, 4) is 0 Å². The average Bonchev–Trinajstić information content (AvgIpc) is 2.10. The number of anilines is 2. The van der Waals surface area contributed by atoms with Crippen molar-refractivity contribution in [2.24, 2.45) is 0 Å². The number of alkyl halides is 3. The number of hydrogen-bond donors (Lipinski definition) is 2. The van der Waals surface area contributed by atoms with E-state index in [1.807, 2.05) is 0 Å². The molecule has 0 fully saturated rings. The lowest BCUT2D eigenvalue weighted by atomic mass is 10.3. The van der Waals surface area contributed by atoms with E-state index in [9.17, 15) is 18.0 Å². The Labute approximate surface area is 88.0 Å². The number of amides is 1. The molecule has 1 aromatic rings. The summed E-state index contributed by atoms with van der Waals surface area (Å²) in [5, 5.41) is 1.72. The third kappa shape index (κ3) is 3.02. The number of carbonyl (C=O) groups is 1. The summed E-state index contributed by atoms with van der Waals surface area (Å²) in [6.45, 7) is 0. The number of nitrogen functional groups attached to an aromatic ring is 1. The van der Waals surface area contributed by atoms with Crippen LogP contribution in [0.15, 0.2) is 18.2 Å². The molecule has 7 heteroatoms. The summed E-state index contributed by atoms with van der Waals surface area (Å²) in [5.41, 5.74) is 5.50. The predicted molar refractivity (Wildman–Crippen MR) is 50.5 cm³/mol. The lowest BCUT2D eigenvalue weighted by molar-refractivity contribution is -0.167. The minimum Gasteiger partial charge on any atom is -0.398 e. The minimum atomic E-state index is -4.92. The second kappa shape index (κ2) is 3.98. The van der Waals surface area contributed by atoms with Crippen molar-refractivity contribution in [2.75, 3.05) is 11.1 Å². The fourth-order valence-corrected chi connectivity index (χ4v) is 0.987. The fourth-order valence-electron chi connectivity index (χ4n) is 0.807. The van der Waals surface area contributed by atoms with Gasteiger partial charge in [-0.1, -0.05) is 11.6 Å². The van der Waals surface area contributed by atoms with Crippen molar-refractivity contribution in [1.82, 2.24) is 0 Å². The molecule has 82 valence electrons. The average molecular weight is 239 g/mol. The smallest absolute Gasteiger partial charge is 0.398 e. The highest BCUT2D eigenvalue weighted by Crippen LogP contribution is 2.24. The number of nitrogens with one attached hydrogen (secondary N) is 1. The van der Waals surface area contributed by atoms with E-state index in [1.54, 1.807) is 5.32 Å². The van der Waals surface area contributed by atoms with E-state index in [1.165, 1.54) is 12.1 Å². The predicted octanol–water partition coefficient (Wildman–Crippen LogP) is 2.42. The van der Waals surface area contributed by atoms with Gasteiger partial charge >= 0.3 is 12.1 Å². The molecule has 0 aromatic heterocycles. The highest BCUT2D eigenvalue weighted by molar-refractivity contribution is 6.33. The number of benzene rings is 1. The maximum atomic E-state index is 11.8. The van der Waals surface area contributed by atoms with Gasteiger partial charge in [0, 0.05) is 5.69 Å². The summed E-state index contributed by atoms with van der Waals surface area (Å²) in [7, 11) is 0. The van der Waals surface area contributed by atoms with Gasteiger partial charge in [0.05, 0.1) is 10.7 Å². The molecule has 0 bridgehead atoms. The van der Waals surface area contributed by atoms with E-state index in [0.29, 0.717) is 0 Å². The number of halogens is 4. The highest BCUT2D eigenvalue weighted by Gasteiger charge is 2.38. The summed E-state index contributed by atoms with van der Waals surface area (Å²) in [5.74, 6) is -2.05. The lowest BCUT2D eigenvalue weighted by Crippen LogP contribution is -2.29. The highest BCUT2D eigenvalue weighted by atomic mass is 35.5. The van der Waals surface area contributed by atoms with Crippen LogP contribution in [0.5, 0.6) is 0 Å². The Morgan fingerprint density at radius 3 is 2.47 bits per heavy atom. The molecular formula is C8H6ClF3N2O. The van der Waals surface area contributed by atoms with Crippen molar-refractivity contribution in [3.05, 3.63) is 23.2 Å². The van der Waals surface area contributed by atoms with Crippen LogP contribution in [0.2, 0.25) is 5.02 Å². The van der Waals surface area contributed by atoms with Gasteiger partial charge in [-0.2, -0.15) is 13.2 Å². The molecule has 3 N–H and O–H groups in total. The second-order valence-electron chi connectivity index (χ2n) is 2.69. The summed E-state index contributed by atoms with van der Waals surface area (Å²) in [4.78, 5) is 10.5. The van der Waals surface area contributed by atoms with E-state index in [0.717, 1.165) is 6.07 Å². The Hall–Kier alpha value is -1.43. The molecule has 15 heavy (non-hydrogen) atoms. The lowest BCUT2D eigenvalue weighted by Gasteiger charge is -2.08. The Balaban J connectivity index is 2.83. The monoisotopic (exact) mass is 238 g/mol. The molecule has 1 amide bonds. The van der Waals surface area contributed by atoms with Gasteiger partial charge in [0.2, 0.25) is 0 Å². The van der Waals surface area contributed by atoms with Crippen molar-refractivity contribution >= 4 is 28.9 Å². The number of carbonyl (C=O) groups excluding carboxylic acids is 1. The molecule has 0 aliphatic rings. The second-order valence-corrected chi connectivity index (χ2v) is 3.10. The zero-order valence-electron chi connectivity index (χ0n) is 7.23. The van der Waals surface area contributed by atoms with Gasteiger partial charge in [-0.05, 0) is 18.2 Å². The summed E-state index contributed by atoms with van der Waals surface area (Å²) in [6.07, 6.45) is -4.92. The van der Waals surface area contributed by atoms with Gasteiger partial charge < -0.3 is 11.1 Å². The number of hydrogen-bond acceptors (Lipinski definition) is 2. The van der Waals surface area contributed by atoms with Crippen molar-refractivity contribution < 1.29 is 18.0 Å². The Morgan fingerprint density at radius 1 is 1.40 bits per heavy atom. The summed E-state index contributed by atoms with van der Waals surface area (Å²) in [6, 6.07) is 3.67. The van der Waals surface area contributed by atoms with Gasteiger partial charge in [-0.3, -0.25) is 4.79 Å². The SMILES string of the molecule is Nc1ccc(NC(=O)C(F)(F)F)cc1Cl. The molecule has 1 aromatic carbocycles. The van der Waals surface area contributed by atoms with E-state index < -0.39 is 12.1 Å². The van der Waals surface area contributed by atoms with Gasteiger partial charge in [0.25, 0.3) is 0 Å². The maximum absolute atomic E-state index is 11.8. The van der Waals surface area contributed by atoms with Crippen LogP contribution in [0.1, 0.15) is 0 Å². The van der Waals surface area contributed by atoms with Crippen molar-refractivity contribution in [2.45, 2.75) is 6.18 Å². The van der Waals surface area contributed by atoms with Crippen LogP contribution in [-0.2, 0) is 4.79 Å². The summed E-state index contributed by atoms with van der Waals surface area (Å²) >= 11 is 5.55. The Morgan fingerprint density at radius 2 is 2.00 bits per heavy atom. The van der Waals surface area contributed by atoms with Crippen LogP contribution in [0.4, 0.5) is 24.5 Å². The molecule has 0 spiro atoms. The van der Waals surface area contributed by atoms with Crippen molar-refractivity contribution in [3.63, 3.8) is 0 Å². The first-order valence-electron chi connectivity index (χ1n) is 3.74. The summed E-state index contributed by atoms with van der Waals surface area (Å²) < 4.78 is 35.5. The van der Waals surface area contributed by atoms with E-state index in [2.05, 4.69) is 0 Å². The van der Waals surface area contributed by atoms with Crippen LogP contribution in [0.25, 0.3) is 0 Å². The van der Waals surface area contributed by atoms with Crippen LogP contribution in [-0.4, -0.2) is 12.1 Å². The third-order valence-electron chi connectivity index (χ3n) is 1.52. The Kier molecular flexibility index (Phi) is 3.09. The topological polar surface area (TPSA) is 55.1 Å². The molecule has 3 nitrogen and oxygen atoms in total. The standard InChI is InChI=1S/C8H6ClF3N2O/c9-5-3-4(1-2-6(5)13)14-7(15)8(10,11)12/h1-3H,13H2,(H,14,15). The van der Waals surface area contributed by atoms with Gasteiger partial charge in [-0.15, -0.1) is 0 Å². The Bertz CT molecular complexity index is 392. The largest absolute Gasteiger partial charge is 0.471 e. The van der Waals surface area contributed by atoms with Gasteiger partial charge in [0.1, 0.15) is 0 Å². The molecule has 0 radical (unpaired) electrons. The first-order chi connectivity index (χ1) is 6.80. The number of rotatable bonds is 1. The first kappa shape index (κ1) is 11.6. The molecule has 0 aliphatic carbocycles. The molecule has 0 aliphatic heterocycles. The molecule has 0 heterocycles. The molecule has 0 saturated heterocycles. The van der Waals surface area contributed by atoms with Crippen LogP contribution in [0, 0.1) is 0 Å². The quantitative estimate of drug-likeness (QED) is 0.739. The zero-order valence-corrected chi connectivity index (χ0v) is 7.99. The first-order valence-corrected chi connectivity index (χ1v) is 4.11. The molecule has 0 unspecified atom stereocenters. The van der Waals surface area contributed by atoms with E-state index in [-0.39, 0.29) is 16.4 Å². The third-order valence-corrected chi connectivity index (χ3v) is 1.84. The van der Waals surface area contributed by atoms with E-state index in [4.69, 9.17) is 17.3 Å². The fraction of sp³-hybridized carbons (Fsp3) is 0.125. The maximum Gasteiger partial charge on any atom is 0.471 e. The molecule has 1 rings (SSSR count). The van der Waals surface area contributed by atoms with Crippen LogP contribution in [0.3, 0.4) is 0 Å². The van der Waals surface area contributed by atoms with Crippen molar-refractivity contribution in [1.29, 1.82) is 0 Å². The molecular weight excluding hydrogens is 233 g/mol.